The summed E-state index contributed by atoms with van der Waals surface area (Å²) in [4.78, 5) is 4.63. The van der Waals surface area contributed by atoms with Crippen LogP contribution in [-0.4, -0.2) is 50.1 Å². The van der Waals surface area contributed by atoms with Crippen LogP contribution < -0.4 is 10.1 Å². The van der Waals surface area contributed by atoms with Crippen molar-refractivity contribution < 1.29 is 18.3 Å². The van der Waals surface area contributed by atoms with Crippen LogP contribution in [0.5, 0.6) is 5.75 Å². The molecule has 1 atom stereocenters. The lowest BCUT2D eigenvalue weighted by Crippen LogP contribution is -2.40. The smallest absolute Gasteiger partial charge is 0.181 e. The summed E-state index contributed by atoms with van der Waals surface area (Å²) >= 11 is 0. The number of morpholine rings is 1. The van der Waals surface area contributed by atoms with E-state index >= 15 is 8.78 Å². The van der Waals surface area contributed by atoms with Crippen LogP contribution in [0.15, 0.2) is 30.6 Å². The highest BCUT2D eigenvalue weighted by molar-refractivity contribution is 5.82. The molecular formula is C22H20F2N6O2. The van der Waals surface area contributed by atoms with Gasteiger partial charge in [0.25, 0.3) is 0 Å². The number of imidazole rings is 1. The molecule has 164 valence electrons. The molecule has 6 rings (SSSR count). The lowest BCUT2D eigenvalue weighted by Gasteiger charge is -2.25. The monoisotopic (exact) mass is 438 g/mol. The maximum absolute atomic E-state index is 15.8. The Balaban J connectivity index is 1.54. The van der Waals surface area contributed by atoms with Gasteiger partial charge < -0.3 is 19.4 Å². The van der Waals surface area contributed by atoms with E-state index in [1.54, 1.807) is 0 Å². The predicted octanol–water partition coefficient (Wildman–Crippen LogP) is 2.75. The molecule has 8 nitrogen and oxygen atoms in total. The van der Waals surface area contributed by atoms with Crippen molar-refractivity contribution in [1.82, 2.24) is 29.6 Å². The van der Waals surface area contributed by atoms with Crippen LogP contribution in [0.4, 0.5) is 8.78 Å². The number of ether oxygens (including phenoxy) is 2. The van der Waals surface area contributed by atoms with Crippen molar-refractivity contribution in [1.29, 1.82) is 0 Å². The number of hydrogen-bond acceptors (Lipinski definition) is 6. The second-order valence-corrected chi connectivity index (χ2v) is 8.04. The lowest BCUT2D eigenvalue weighted by atomic mass is 10.1. The molecule has 2 aromatic heterocycles. The number of nitrogens with zero attached hydrogens (tertiary/aromatic N) is 5. The molecule has 10 heteroatoms. The zero-order valence-electron chi connectivity index (χ0n) is 17.3. The standard InChI is InChI=1S/C22H20F2N6O2/c1-12-2-3-16-15(6-12)27-22(29(16)9-13-8-25-4-5-31-13)19-14(23)7-17-21(20(19)24)32-10-18-28-26-11-30(17)18/h2-3,6-7,11,13,25H,4-5,8-10H2,1H3. The third-order valence-corrected chi connectivity index (χ3v) is 5.90. The van der Waals surface area contributed by atoms with Gasteiger partial charge in [-0.2, -0.15) is 0 Å². The van der Waals surface area contributed by atoms with Crippen LogP contribution in [0.1, 0.15) is 11.4 Å². The van der Waals surface area contributed by atoms with E-state index in [1.807, 2.05) is 29.7 Å². The molecule has 2 aliphatic rings. The molecule has 0 radical (unpaired) electrons. The molecule has 2 aromatic carbocycles. The van der Waals surface area contributed by atoms with Crippen LogP contribution in [0.2, 0.25) is 0 Å². The minimum atomic E-state index is -0.796. The fraction of sp³-hybridized carbons (Fsp3) is 0.318. The third-order valence-electron chi connectivity index (χ3n) is 5.90. The van der Waals surface area contributed by atoms with Crippen molar-refractivity contribution in [3.8, 4) is 22.8 Å². The van der Waals surface area contributed by atoms with Gasteiger partial charge in [-0.1, -0.05) is 6.07 Å². The van der Waals surface area contributed by atoms with Gasteiger partial charge in [0.2, 0.25) is 0 Å². The number of nitrogens with one attached hydrogen (secondary N) is 1. The minimum absolute atomic E-state index is 0.0425. The first kappa shape index (κ1) is 19.3. The van der Waals surface area contributed by atoms with Crippen molar-refractivity contribution >= 4 is 11.0 Å². The van der Waals surface area contributed by atoms with E-state index < -0.39 is 11.6 Å². The number of aryl methyl sites for hydroxylation is 1. The normalized spacial score (nSPS) is 17.8. The molecule has 0 amide bonds. The first-order valence-corrected chi connectivity index (χ1v) is 10.4. The molecule has 4 aromatic rings. The van der Waals surface area contributed by atoms with E-state index in [2.05, 4.69) is 20.5 Å². The molecule has 0 saturated carbocycles. The largest absolute Gasteiger partial charge is 0.480 e. The number of rotatable bonds is 3. The summed E-state index contributed by atoms with van der Waals surface area (Å²) in [5, 5.41) is 11.0. The maximum Gasteiger partial charge on any atom is 0.181 e. The first-order chi connectivity index (χ1) is 15.6. The number of aromatic nitrogens is 5. The van der Waals surface area contributed by atoms with Crippen LogP contribution in [0.25, 0.3) is 28.1 Å². The van der Waals surface area contributed by atoms with Crippen LogP contribution in [0, 0.1) is 18.6 Å². The highest BCUT2D eigenvalue weighted by atomic mass is 19.1. The highest BCUT2D eigenvalue weighted by Crippen LogP contribution is 2.40. The second kappa shape index (κ2) is 7.35. The van der Waals surface area contributed by atoms with Gasteiger partial charge in [0.1, 0.15) is 24.6 Å². The Kier molecular flexibility index (Phi) is 4.44. The molecule has 0 aliphatic carbocycles. The summed E-state index contributed by atoms with van der Waals surface area (Å²) in [5.41, 5.74) is 2.48. The highest BCUT2D eigenvalue weighted by Gasteiger charge is 2.30. The molecule has 2 aliphatic heterocycles. The van der Waals surface area contributed by atoms with E-state index in [9.17, 15) is 0 Å². The SMILES string of the molecule is Cc1ccc2c(c1)nc(-c1c(F)cc3c(c1F)OCc1nncn1-3)n2CC1CNCCO1. The Bertz CT molecular complexity index is 1340. The van der Waals surface area contributed by atoms with Crippen molar-refractivity contribution in [2.24, 2.45) is 0 Å². The summed E-state index contributed by atoms with van der Waals surface area (Å²) in [7, 11) is 0. The fourth-order valence-corrected chi connectivity index (χ4v) is 4.36. The van der Waals surface area contributed by atoms with Gasteiger partial charge in [-0.25, -0.2) is 13.8 Å². The van der Waals surface area contributed by atoms with Crippen molar-refractivity contribution in [3.63, 3.8) is 0 Å². The van der Waals surface area contributed by atoms with E-state index in [4.69, 9.17) is 9.47 Å². The Hall–Kier alpha value is -3.37. The van der Waals surface area contributed by atoms with Gasteiger partial charge in [-0.3, -0.25) is 4.57 Å². The van der Waals surface area contributed by atoms with Crippen LogP contribution >= 0.6 is 0 Å². The van der Waals surface area contributed by atoms with Crippen LogP contribution in [0.3, 0.4) is 0 Å². The molecule has 1 saturated heterocycles. The molecule has 32 heavy (non-hydrogen) atoms. The van der Waals surface area contributed by atoms with Gasteiger partial charge in [-0.05, 0) is 24.6 Å². The summed E-state index contributed by atoms with van der Waals surface area (Å²) < 4.78 is 46.0. The molecule has 4 heterocycles. The molecule has 1 N–H and O–H groups in total. The van der Waals surface area contributed by atoms with E-state index in [-0.39, 0.29) is 35.5 Å². The Morgan fingerprint density at radius 3 is 3.00 bits per heavy atom. The minimum Gasteiger partial charge on any atom is -0.480 e. The molecular weight excluding hydrogens is 418 g/mol. The van der Waals surface area contributed by atoms with Gasteiger partial charge >= 0.3 is 0 Å². The summed E-state index contributed by atoms with van der Waals surface area (Å²) in [6.45, 7) is 4.43. The van der Waals surface area contributed by atoms with E-state index in [1.165, 1.54) is 17.0 Å². The third kappa shape index (κ3) is 2.98. The average molecular weight is 438 g/mol. The first-order valence-electron chi connectivity index (χ1n) is 10.4. The summed E-state index contributed by atoms with van der Waals surface area (Å²) in [5.74, 6) is -0.888. The van der Waals surface area contributed by atoms with Crippen molar-refractivity contribution in [2.75, 3.05) is 19.7 Å². The average Bonchev–Trinajstić information content (AvgIpc) is 3.40. The molecule has 0 spiro atoms. The fourth-order valence-electron chi connectivity index (χ4n) is 4.36. The van der Waals surface area contributed by atoms with Gasteiger partial charge in [0.15, 0.2) is 17.4 Å². The van der Waals surface area contributed by atoms with Gasteiger partial charge in [0.05, 0.1) is 41.5 Å². The van der Waals surface area contributed by atoms with Crippen LogP contribution in [-0.2, 0) is 17.9 Å². The Morgan fingerprint density at radius 1 is 1.25 bits per heavy atom. The Morgan fingerprint density at radius 2 is 2.16 bits per heavy atom. The maximum atomic E-state index is 15.8. The van der Waals surface area contributed by atoms with Gasteiger partial charge in [-0.15, -0.1) is 10.2 Å². The lowest BCUT2D eigenvalue weighted by molar-refractivity contribution is 0.0191. The van der Waals surface area contributed by atoms with E-state index in [0.29, 0.717) is 31.0 Å². The quantitative estimate of drug-likeness (QED) is 0.530. The number of benzene rings is 2. The predicted molar refractivity (Wildman–Crippen MR) is 112 cm³/mol. The van der Waals surface area contributed by atoms with Crippen molar-refractivity contribution in [3.05, 3.63) is 53.6 Å². The summed E-state index contributed by atoms with van der Waals surface area (Å²) in [6, 6.07) is 7.03. The Labute approximate surface area is 181 Å². The van der Waals surface area contributed by atoms with E-state index in [0.717, 1.165) is 17.6 Å². The zero-order valence-corrected chi connectivity index (χ0v) is 17.3. The summed E-state index contributed by atoms with van der Waals surface area (Å²) in [6.07, 6.45) is 1.28. The number of fused-ring (bicyclic) bond motifs is 4. The zero-order chi connectivity index (χ0) is 21.8. The number of halogens is 2. The molecule has 1 unspecified atom stereocenters. The molecule has 1 fully saturated rings. The van der Waals surface area contributed by atoms with Crippen molar-refractivity contribution in [2.45, 2.75) is 26.2 Å². The molecule has 0 bridgehead atoms. The second-order valence-electron chi connectivity index (χ2n) is 8.04. The van der Waals surface area contributed by atoms with Gasteiger partial charge in [0, 0.05) is 19.2 Å². The topological polar surface area (TPSA) is 79.0 Å². The number of hydrogen-bond donors (Lipinski definition) is 1.